The Labute approximate surface area is 347 Å². The average Bonchev–Trinajstić information content (AvgIpc) is 3.73. The van der Waals surface area contributed by atoms with E-state index >= 15 is 0 Å². The molecular weight excluding hydrogens is 751 g/mol. The number of aliphatic carboxylic acids is 1. The predicted octanol–water partition coefficient (Wildman–Crippen LogP) is 4.27. The summed E-state index contributed by atoms with van der Waals surface area (Å²) in [4.78, 5) is 43.6. The molecule has 3 aromatic rings. The minimum atomic E-state index is -1.40. The lowest BCUT2D eigenvalue weighted by Gasteiger charge is -2.43. The Morgan fingerprint density at radius 3 is 2.61 bits per heavy atom. The largest absolute Gasteiger partial charge is 0.478 e. The molecule has 0 spiro atoms. The van der Waals surface area contributed by atoms with Crippen molar-refractivity contribution in [2.24, 2.45) is 28.3 Å². The normalized spacial score (nSPS) is 22.0. The topological polar surface area (TPSA) is 250 Å². The van der Waals surface area contributed by atoms with Crippen molar-refractivity contribution in [3.05, 3.63) is 82.3 Å². The quantitative estimate of drug-likeness (QED) is 0.0432. The second-order valence-corrected chi connectivity index (χ2v) is 16.5. The van der Waals surface area contributed by atoms with Crippen molar-refractivity contribution in [3.8, 4) is 0 Å². The summed E-state index contributed by atoms with van der Waals surface area (Å²) in [5.41, 5.74) is 15.6. The van der Waals surface area contributed by atoms with E-state index < -0.39 is 29.7 Å². The first kappa shape index (κ1) is 45.5. The highest BCUT2D eigenvalue weighted by Crippen LogP contribution is 2.46. The molecule has 1 aromatic heterocycles. The van der Waals surface area contributed by atoms with Crippen LogP contribution in [-0.4, -0.2) is 106 Å². The van der Waals surface area contributed by atoms with Crippen LogP contribution in [0, 0.1) is 11.8 Å². The van der Waals surface area contributed by atoms with Crippen molar-refractivity contribution in [2.75, 3.05) is 26.8 Å². The first-order valence-corrected chi connectivity index (χ1v) is 21.2. The number of aromatic nitrogens is 1. The lowest BCUT2D eigenvalue weighted by Crippen LogP contribution is -2.62. The van der Waals surface area contributed by atoms with Crippen molar-refractivity contribution in [1.29, 1.82) is 0 Å². The zero-order valence-corrected chi connectivity index (χ0v) is 34.3. The van der Waals surface area contributed by atoms with Crippen molar-refractivity contribution in [2.45, 2.75) is 119 Å². The third-order valence-electron chi connectivity index (χ3n) is 12.4. The molecule has 14 heteroatoms. The van der Waals surface area contributed by atoms with Crippen LogP contribution in [-0.2, 0) is 27.2 Å². The molecule has 1 aliphatic heterocycles. The lowest BCUT2D eigenvalue weighted by atomic mass is 9.69. The summed E-state index contributed by atoms with van der Waals surface area (Å²) in [6.45, 7) is -0.0299. The highest BCUT2D eigenvalue weighted by Gasteiger charge is 2.42. The summed E-state index contributed by atoms with van der Waals surface area (Å²) in [6.07, 6.45) is 12.8. The molecule has 0 amide bonds. The number of hydrogen-bond acceptors (Lipinski definition) is 11. The van der Waals surface area contributed by atoms with Crippen LogP contribution in [0.1, 0.15) is 93.2 Å². The van der Waals surface area contributed by atoms with E-state index in [1.165, 1.54) is 17.2 Å². The Morgan fingerprint density at radius 2 is 1.92 bits per heavy atom. The van der Waals surface area contributed by atoms with Gasteiger partial charge in [-0.1, -0.05) is 60.9 Å². The van der Waals surface area contributed by atoms with Crippen LogP contribution >= 0.6 is 0 Å². The zero-order chi connectivity index (χ0) is 42.4. The number of aldehydes is 2. The van der Waals surface area contributed by atoms with Gasteiger partial charge >= 0.3 is 5.97 Å². The van der Waals surface area contributed by atoms with Gasteiger partial charge in [-0.25, -0.2) is 9.79 Å². The number of nitrogens with two attached hydrogens (primary N) is 2. The van der Waals surface area contributed by atoms with Gasteiger partial charge in [-0.3, -0.25) is 0 Å². The fourth-order valence-electron chi connectivity index (χ4n) is 9.32. The van der Waals surface area contributed by atoms with Crippen molar-refractivity contribution in [3.63, 3.8) is 0 Å². The Morgan fingerprint density at radius 1 is 1.08 bits per heavy atom. The number of nitrogens with zero attached hydrogens (tertiary/aromatic N) is 2. The van der Waals surface area contributed by atoms with E-state index in [-0.39, 0.29) is 62.4 Å². The lowest BCUT2D eigenvalue weighted by molar-refractivity contribution is -0.131. The molecule has 0 saturated heterocycles. The van der Waals surface area contributed by atoms with Gasteiger partial charge in [0.2, 0.25) is 0 Å². The van der Waals surface area contributed by atoms with E-state index in [9.17, 15) is 34.8 Å². The number of guanidine groups is 1. The molecule has 1 aliphatic carbocycles. The number of carbonyl (C=O) groups is 3. The van der Waals surface area contributed by atoms with Crippen LogP contribution in [0.5, 0.6) is 0 Å². The zero-order valence-electron chi connectivity index (χ0n) is 34.3. The van der Waals surface area contributed by atoms with Crippen molar-refractivity contribution >= 4 is 41.1 Å². The van der Waals surface area contributed by atoms with Gasteiger partial charge in [0, 0.05) is 50.6 Å². The highest BCUT2D eigenvalue weighted by atomic mass is 16.4. The van der Waals surface area contributed by atoms with Crippen LogP contribution in [0.4, 0.5) is 5.82 Å². The number of fused-ring (bicyclic) bond motifs is 2. The Balaban J connectivity index is 1.49. The molecule has 2 heterocycles. The molecule has 8 atom stereocenters. The standard InChI is InChI=1S/C45H64N7O7/c1-48-28-45(59,16-20-55)41-26-40(51-44(47)52-41)38(25-43(57)58)39(50-42-8-3-17-49-42)24-33-13-12-32-22-31-11-9-29(15-19-54)21-34(31)23-37(32)36(33)7-2-6-35(46)14-10-30(27-56)5-4-18-53/h3,8-9,11,17,19,21-23,25,27,30,33,35-36,39-41,48-49,53,55,59H,2,4-7,10,12-16,18,20,24,26,28,46H2,1H3,(H,57,58)(H3,47,51,52)/q-1/b38-25-/t30-,33-,35+,36-,39+,40+,41-,45+/m1/s1. The smallest absolute Gasteiger partial charge is 0.328 e. The van der Waals surface area contributed by atoms with Gasteiger partial charge in [-0.2, -0.15) is 0 Å². The van der Waals surface area contributed by atoms with Gasteiger partial charge in [-0.15, -0.1) is 0 Å². The molecule has 322 valence electrons. The molecule has 0 radical (unpaired) electrons. The number of benzene rings is 2. The van der Waals surface area contributed by atoms with Crippen LogP contribution < -0.4 is 22.1 Å². The van der Waals surface area contributed by atoms with E-state index in [1.807, 2.05) is 18.2 Å². The minimum Gasteiger partial charge on any atom is -0.478 e. The van der Waals surface area contributed by atoms with E-state index in [0.29, 0.717) is 49.9 Å². The van der Waals surface area contributed by atoms with Crippen molar-refractivity contribution < 1.29 is 34.8 Å². The van der Waals surface area contributed by atoms with Crippen LogP contribution in [0.2, 0.25) is 0 Å². The maximum atomic E-state index is 12.6. The van der Waals surface area contributed by atoms with Gasteiger partial charge in [0.15, 0.2) is 5.96 Å². The molecular formula is C45H64N7O7-. The van der Waals surface area contributed by atoms with Gasteiger partial charge in [0.1, 0.15) is 12.6 Å². The van der Waals surface area contributed by atoms with E-state index in [2.05, 4.69) is 39.9 Å². The molecule has 0 saturated carbocycles. The second kappa shape index (κ2) is 22.1. The summed E-state index contributed by atoms with van der Waals surface area (Å²) >= 11 is 0. The Hall–Kier alpha value is -4.60. The number of hydrogen-bond donors (Lipinski definition) is 9. The predicted molar refractivity (Wildman–Crippen MR) is 231 cm³/mol. The fourth-order valence-corrected chi connectivity index (χ4v) is 9.32. The number of aryl methyl sites for hydroxylation is 1. The van der Waals surface area contributed by atoms with Crippen LogP contribution in [0.15, 0.2) is 65.3 Å². The molecule has 0 unspecified atom stereocenters. The fraction of sp³-hybridized carbons (Fsp3) is 0.556. The average molecular weight is 815 g/mol. The van der Waals surface area contributed by atoms with Crippen LogP contribution in [0.25, 0.3) is 16.1 Å². The third-order valence-corrected chi connectivity index (χ3v) is 12.4. The number of likely N-dealkylation sites (N-methyl/N-ethyl adjacent to an activating group) is 1. The number of carboxylic acids is 1. The number of H-pyrrole nitrogens is 1. The number of aliphatic hydroxyl groups is 3. The van der Waals surface area contributed by atoms with E-state index in [4.69, 9.17) is 21.8 Å². The first-order chi connectivity index (χ1) is 28.5. The molecule has 14 nitrogen and oxygen atoms in total. The second-order valence-electron chi connectivity index (χ2n) is 16.5. The summed E-state index contributed by atoms with van der Waals surface area (Å²) < 4.78 is 0. The molecule has 5 rings (SSSR count). The molecule has 0 bridgehead atoms. The number of aliphatic hydroxyl groups excluding tert-OH is 2. The molecule has 59 heavy (non-hydrogen) atoms. The Bertz CT molecular complexity index is 1880. The number of nitrogens with one attached hydrogen (secondary N) is 3. The Kier molecular flexibility index (Phi) is 17.1. The molecule has 2 aliphatic rings. The SMILES string of the molecule is CNC[C@@](O)(CCO)[C@H]1C[C@@H](/C(=C\C(=O)O)[C@H](C[C@H]2CCc3cc4ccc(CC=O)cc4cc3[C@@H]2CCC[C@H](N)CC[C@H](C=O)CCCO)[N-]c2ccc[nH]2)N=C(N)N1. The third kappa shape index (κ3) is 12.5. The number of rotatable bonds is 25. The van der Waals surface area contributed by atoms with Gasteiger partial charge in [-0.05, 0) is 122 Å². The minimum absolute atomic E-state index is 0.0607. The first-order valence-electron chi connectivity index (χ1n) is 21.2. The highest BCUT2D eigenvalue weighted by molar-refractivity contribution is 5.86. The van der Waals surface area contributed by atoms with Crippen molar-refractivity contribution in [1.82, 2.24) is 15.6 Å². The summed E-state index contributed by atoms with van der Waals surface area (Å²) in [7, 11) is 1.71. The van der Waals surface area contributed by atoms with Gasteiger partial charge in [0.25, 0.3) is 0 Å². The number of carboxylic acid groups (broad SMARTS) is 1. The summed E-state index contributed by atoms with van der Waals surface area (Å²) in [5, 5.41) is 54.6. The molecule has 2 aromatic carbocycles. The van der Waals surface area contributed by atoms with E-state index in [0.717, 1.165) is 61.0 Å². The summed E-state index contributed by atoms with van der Waals surface area (Å²) in [6, 6.07) is 12.3. The monoisotopic (exact) mass is 814 g/mol. The summed E-state index contributed by atoms with van der Waals surface area (Å²) in [5.74, 6) is -0.409. The maximum Gasteiger partial charge on any atom is 0.328 e. The van der Waals surface area contributed by atoms with Crippen LogP contribution in [0.3, 0.4) is 0 Å². The van der Waals surface area contributed by atoms with Gasteiger partial charge in [0.05, 0.1) is 17.7 Å². The van der Waals surface area contributed by atoms with Gasteiger partial charge < -0.3 is 62.4 Å². The number of aliphatic imine (C=N–C) groups is 1. The maximum absolute atomic E-state index is 12.6. The number of aromatic amines is 1. The van der Waals surface area contributed by atoms with E-state index in [1.54, 1.807) is 13.2 Å². The number of carbonyl (C=O) groups excluding carboxylic acids is 2. The molecule has 0 fully saturated rings. The molecule has 11 N–H and O–H groups in total.